The van der Waals surface area contributed by atoms with Crippen molar-refractivity contribution in [3.63, 3.8) is 0 Å². The average molecular weight is 242 g/mol. The van der Waals surface area contributed by atoms with Gasteiger partial charge in [0.25, 0.3) is 0 Å². The molecule has 17 heavy (non-hydrogen) atoms. The van der Waals surface area contributed by atoms with Crippen LogP contribution in [-0.2, 0) is 9.47 Å². The molecule has 0 aromatic rings. The summed E-state index contributed by atoms with van der Waals surface area (Å²) in [4.78, 5) is 2.34. The number of ether oxygens (including phenoxy) is 2. The van der Waals surface area contributed by atoms with E-state index in [9.17, 15) is 0 Å². The molecular formula is C13H26N2O2. The van der Waals surface area contributed by atoms with Gasteiger partial charge in [-0.1, -0.05) is 6.92 Å². The maximum atomic E-state index is 5.76. The van der Waals surface area contributed by atoms with Crippen LogP contribution >= 0.6 is 0 Å². The smallest absolute Gasteiger partial charge is 0.0826 e. The van der Waals surface area contributed by atoms with E-state index in [0.717, 1.165) is 52.1 Å². The highest BCUT2D eigenvalue weighted by Crippen LogP contribution is 2.16. The van der Waals surface area contributed by atoms with E-state index in [-0.39, 0.29) is 0 Å². The molecule has 3 unspecified atom stereocenters. The second kappa shape index (κ2) is 6.69. The van der Waals surface area contributed by atoms with Crippen molar-refractivity contribution in [2.24, 2.45) is 0 Å². The van der Waals surface area contributed by atoms with Gasteiger partial charge < -0.3 is 19.7 Å². The largest absolute Gasteiger partial charge is 0.378 e. The monoisotopic (exact) mass is 242 g/mol. The maximum Gasteiger partial charge on any atom is 0.0826 e. The zero-order valence-corrected chi connectivity index (χ0v) is 11.2. The fourth-order valence-corrected chi connectivity index (χ4v) is 2.64. The molecule has 2 fully saturated rings. The quantitative estimate of drug-likeness (QED) is 0.793. The minimum atomic E-state index is 0.358. The summed E-state index contributed by atoms with van der Waals surface area (Å²) in [6.07, 6.45) is 4.23. The first-order chi connectivity index (χ1) is 8.28. The zero-order chi connectivity index (χ0) is 12.1. The Morgan fingerprint density at radius 1 is 1.24 bits per heavy atom. The van der Waals surface area contributed by atoms with Crippen LogP contribution in [0.5, 0.6) is 0 Å². The molecule has 0 bridgehead atoms. The van der Waals surface area contributed by atoms with Gasteiger partial charge >= 0.3 is 0 Å². The van der Waals surface area contributed by atoms with E-state index in [1.807, 2.05) is 0 Å². The standard InChI is InChI=1S/C13H26N2O2/c1-3-12-8-11(4-6-16-12)14-9-13-10-15(2)5-7-17-13/h11-14H,3-10H2,1-2H3. The van der Waals surface area contributed by atoms with E-state index in [1.165, 1.54) is 0 Å². The Morgan fingerprint density at radius 3 is 2.82 bits per heavy atom. The Balaban J connectivity index is 1.66. The molecule has 0 aromatic carbocycles. The summed E-state index contributed by atoms with van der Waals surface area (Å²) in [5.41, 5.74) is 0. The lowest BCUT2D eigenvalue weighted by molar-refractivity contribution is -0.0283. The van der Waals surface area contributed by atoms with E-state index in [1.54, 1.807) is 0 Å². The molecular weight excluding hydrogens is 216 g/mol. The van der Waals surface area contributed by atoms with Crippen molar-refractivity contribution in [3.05, 3.63) is 0 Å². The number of rotatable bonds is 4. The van der Waals surface area contributed by atoms with Crippen molar-refractivity contribution in [2.45, 2.75) is 44.4 Å². The highest BCUT2D eigenvalue weighted by atomic mass is 16.5. The van der Waals surface area contributed by atoms with Gasteiger partial charge in [0.15, 0.2) is 0 Å². The van der Waals surface area contributed by atoms with Gasteiger partial charge in [0, 0.05) is 32.3 Å². The van der Waals surface area contributed by atoms with Crippen molar-refractivity contribution < 1.29 is 9.47 Å². The van der Waals surface area contributed by atoms with Crippen LogP contribution in [0.3, 0.4) is 0 Å². The van der Waals surface area contributed by atoms with Crippen LogP contribution in [0.15, 0.2) is 0 Å². The van der Waals surface area contributed by atoms with Gasteiger partial charge in [0.2, 0.25) is 0 Å². The van der Waals surface area contributed by atoms with Gasteiger partial charge in [-0.25, -0.2) is 0 Å². The topological polar surface area (TPSA) is 33.7 Å². The Kier molecular flexibility index (Phi) is 5.22. The van der Waals surface area contributed by atoms with E-state index in [2.05, 4.69) is 24.2 Å². The third-order valence-electron chi connectivity index (χ3n) is 3.80. The number of morpholine rings is 1. The van der Waals surface area contributed by atoms with Crippen molar-refractivity contribution in [3.8, 4) is 0 Å². The molecule has 0 aliphatic carbocycles. The van der Waals surface area contributed by atoms with Gasteiger partial charge in [0.1, 0.15) is 0 Å². The van der Waals surface area contributed by atoms with E-state index >= 15 is 0 Å². The highest BCUT2D eigenvalue weighted by Gasteiger charge is 2.23. The number of likely N-dealkylation sites (N-methyl/N-ethyl adjacent to an activating group) is 1. The Bertz CT molecular complexity index is 225. The first-order valence-corrected chi connectivity index (χ1v) is 6.93. The lowest BCUT2D eigenvalue weighted by Gasteiger charge is -2.33. The molecule has 2 aliphatic rings. The molecule has 0 spiro atoms. The lowest BCUT2D eigenvalue weighted by Crippen LogP contribution is -2.48. The third kappa shape index (κ3) is 4.21. The third-order valence-corrected chi connectivity index (χ3v) is 3.80. The molecule has 1 N–H and O–H groups in total. The Hall–Kier alpha value is -0.160. The number of hydrogen-bond acceptors (Lipinski definition) is 4. The Morgan fingerprint density at radius 2 is 2.06 bits per heavy atom. The first-order valence-electron chi connectivity index (χ1n) is 6.93. The van der Waals surface area contributed by atoms with Crippen molar-refractivity contribution >= 4 is 0 Å². The second-order valence-electron chi connectivity index (χ2n) is 5.29. The predicted molar refractivity (Wildman–Crippen MR) is 68.3 cm³/mol. The number of hydrogen-bond donors (Lipinski definition) is 1. The molecule has 3 atom stereocenters. The zero-order valence-electron chi connectivity index (χ0n) is 11.2. The SMILES string of the molecule is CCC1CC(NCC2CN(C)CCO2)CCO1. The normalized spacial score (nSPS) is 36.0. The molecule has 0 amide bonds. The van der Waals surface area contributed by atoms with Gasteiger partial charge in [0.05, 0.1) is 18.8 Å². The summed E-state index contributed by atoms with van der Waals surface area (Å²) < 4.78 is 11.4. The summed E-state index contributed by atoms with van der Waals surface area (Å²) in [7, 11) is 2.16. The van der Waals surface area contributed by atoms with Gasteiger partial charge in [-0.2, -0.15) is 0 Å². The summed E-state index contributed by atoms with van der Waals surface area (Å²) in [5, 5.41) is 3.64. The van der Waals surface area contributed by atoms with Crippen LogP contribution < -0.4 is 5.32 Å². The molecule has 4 heteroatoms. The van der Waals surface area contributed by atoms with Gasteiger partial charge in [-0.15, -0.1) is 0 Å². The number of nitrogens with zero attached hydrogens (tertiary/aromatic N) is 1. The van der Waals surface area contributed by atoms with Crippen molar-refractivity contribution in [2.75, 3.05) is 39.9 Å². The molecule has 4 nitrogen and oxygen atoms in total. The maximum absolute atomic E-state index is 5.76. The van der Waals surface area contributed by atoms with Crippen LogP contribution in [0.4, 0.5) is 0 Å². The van der Waals surface area contributed by atoms with E-state index < -0.39 is 0 Å². The van der Waals surface area contributed by atoms with E-state index in [4.69, 9.17) is 9.47 Å². The first kappa shape index (κ1) is 13.3. The number of nitrogens with one attached hydrogen (secondary N) is 1. The van der Waals surface area contributed by atoms with Gasteiger partial charge in [-0.3, -0.25) is 0 Å². The molecule has 0 radical (unpaired) electrons. The van der Waals surface area contributed by atoms with Crippen LogP contribution in [0.25, 0.3) is 0 Å². The van der Waals surface area contributed by atoms with Crippen LogP contribution in [0.1, 0.15) is 26.2 Å². The predicted octanol–water partition coefficient (Wildman–Crippen LogP) is 0.864. The summed E-state index contributed by atoms with van der Waals surface area (Å²) in [5.74, 6) is 0. The summed E-state index contributed by atoms with van der Waals surface area (Å²) in [6, 6.07) is 0.615. The molecule has 0 saturated carbocycles. The second-order valence-corrected chi connectivity index (χ2v) is 5.29. The minimum Gasteiger partial charge on any atom is -0.378 e. The summed E-state index contributed by atoms with van der Waals surface area (Å²) in [6.45, 7) is 7.06. The van der Waals surface area contributed by atoms with Crippen molar-refractivity contribution in [1.82, 2.24) is 10.2 Å². The molecule has 2 heterocycles. The summed E-state index contributed by atoms with van der Waals surface area (Å²) >= 11 is 0. The molecule has 2 aliphatic heterocycles. The molecule has 100 valence electrons. The molecule has 2 rings (SSSR count). The van der Waals surface area contributed by atoms with Crippen molar-refractivity contribution in [1.29, 1.82) is 0 Å². The molecule has 2 saturated heterocycles. The van der Waals surface area contributed by atoms with Crippen LogP contribution in [0, 0.1) is 0 Å². The highest BCUT2D eigenvalue weighted by molar-refractivity contribution is 4.79. The average Bonchev–Trinajstić information content (AvgIpc) is 2.37. The minimum absolute atomic E-state index is 0.358. The fourth-order valence-electron chi connectivity index (χ4n) is 2.64. The lowest BCUT2D eigenvalue weighted by atomic mass is 10.0. The van der Waals surface area contributed by atoms with Crippen LogP contribution in [0.2, 0.25) is 0 Å². The molecule has 0 aromatic heterocycles. The van der Waals surface area contributed by atoms with E-state index in [0.29, 0.717) is 18.2 Å². The fraction of sp³-hybridized carbons (Fsp3) is 1.00. The Labute approximate surface area is 105 Å². The van der Waals surface area contributed by atoms with Gasteiger partial charge in [-0.05, 0) is 26.3 Å². The van der Waals surface area contributed by atoms with Crippen LogP contribution in [-0.4, -0.2) is 63.0 Å².